The number of nitrogens with one attached hydrogen (secondary N) is 1. The van der Waals surface area contributed by atoms with Crippen LogP contribution in [-0.2, 0) is 11.0 Å². The van der Waals surface area contributed by atoms with Crippen molar-refractivity contribution in [3.8, 4) is 0 Å². The highest BCUT2D eigenvalue weighted by Gasteiger charge is 2.21. The smallest absolute Gasteiger partial charge is 0.264 e. The van der Waals surface area contributed by atoms with Crippen molar-refractivity contribution in [1.29, 1.82) is 0 Å². The molecule has 3 rings (SSSR count). The maximum Gasteiger partial charge on any atom is 0.264 e. The maximum atomic E-state index is 12.7. The fourth-order valence-corrected chi connectivity index (χ4v) is 2.84. The van der Waals surface area contributed by atoms with Crippen LogP contribution in [0, 0.1) is 0 Å². The Hall–Kier alpha value is -2.31. The van der Waals surface area contributed by atoms with Crippen LogP contribution < -0.4 is 4.72 Å². The molecule has 1 unspecified atom stereocenters. The molecule has 6 heteroatoms. The van der Waals surface area contributed by atoms with Gasteiger partial charge in [-0.15, -0.1) is 0 Å². The molecule has 0 bridgehead atoms. The Kier molecular flexibility index (Phi) is 3.64. The molecule has 0 aliphatic heterocycles. The normalized spacial score (nSPS) is 12.4. The molecule has 0 saturated carbocycles. The van der Waals surface area contributed by atoms with Gasteiger partial charge in [0.15, 0.2) is 11.0 Å². The summed E-state index contributed by atoms with van der Waals surface area (Å²) in [5, 5.41) is 0.201. The molecule has 5 nitrogen and oxygen atoms in total. The number of carbonyl (C=O) groups is 1. The molecule has 1 N–H and O–H groups in total. The van der Waals surface area contributed by atoms with Gasteiger partial charge in [0.25, 0.3) is 5.91 Å². The monoisotopic (exact) mass is 299 g/mol. The topological polar surface area (TPSA) is 64.0 Å². The van der Waals surface area contributed by atoms with E-state index in [0.717, 1.165) is 0 Å². The number of fused-ring (bicyclic) bond motifs is 1. The van der Waals surface area contributed by atoms with Crippen LogP contribution in [-0.4, -0.2) is 26.7 Å². The zero-order chi connectivity index (χ0) is 14.8. The first kappa shape index (κ1) is 13.7. The van der Waals surface area contributed by atoms with Crippen molar-refractivity contribution in [2.75, 3.05) is 7.05 Å². The minimum atomic E-state index is -1.55. The SMILES string of the molecule is CNS(=O)c1nc2ccccc2n1C(=O)c1ccccc1. The Morgan fingerprint density at radius 3 is 2.48 bits per heavy atom. The van der Waals surface area contributed by atoms with Crippen LogP contribution in [0.15, 0.2) is 59.8 Å². The van der Waals surface area contributed by atoms with Crippen LogP contribution in [0.3, 0.4) is 0 Å². The molecule has 1 aromatic heterocycles. The highest BCUT2D eigenvalue weighted by Crippen LogP contribution is 2.19. The Morgan fingerprint density at radius 1 is 1.10 bits per heavy atom. The van der Waals surface area contributed by atoms with E-state index in [9.17, 15) is 9.00 Å². The molecular weight excluding hydrogens is 286 g/mol. The molecule has 0 aliphatic carbocycles. The zero-order valence-electron chi connectivity index (χ0n) is 11.3. The van der Waals surface area contributed by atoms with Gasteiger partial charge in [0.05, 0.1) is 11.0 Å². The molecule has 1 heterocycles. The number of nitrogens with zero attached hydrogens (tertiary/aromatic N) is 2. The highest BCUT2D eigenvalue weighted by molar-refractivity contribution is 7.82. The zero-order valence-corrected chi connectivity index (χ0v) is 12.1. The predicted octanol–water partition coefficient (Wildman–Crippen LogP) is 1.97. The molecule has 106 valence electrons. The van der Waals surface area contributed by atoms with Gasteiger partial charge < -0.3 is 0 Å². The summed E-state index contributed by atoms with van der Waals surface area (Å²) >= 11 is 0. The number of benzene rings is 2. The third-order valence-electron chi connectivity index (χ3n) is 3.11. The standard InChI is InChI=1S/C15H13N3O2S/c1-16-21(20)15-17-12-9-5-6-10-13(12)18(15)14(19)11-7-3-2-4-8-11/h2-10,16H,1H3. The first-order valence-electron chi connectivity index (χ1n) is 6.39. The second-order valence-corrected chi connectivity index (χ2v) is 5.67. The number of rotatable bonds is 3. The largest absolute Gasteiger partial charge is 0.268 e. The van der Waals surface area contributed by atoms with E-state index < -0.39 is 11.0 Å². The molecule has 0 spiro atoms. The average molecular weight is 299 g/mol. The highest BCUT2D eigenvalue weighted by atomic mass is 32.2. The number of imidazole rings is 1. The lowest BCUT2D eigenvalue weighted by Crippen LogP contribution is -2.21. The number of carbonyl (C=O) groups excluding carboxylic acids is 1. The number of hydrogen-bond acceptors (Lipinski definition) is 3. The molecular formula is C15H13N3O2S. The van der Waals surface area contributed by atoms with E-state index in [0.29, 0.717) is 16.6 Å². The van der Waals surface area contributed by atoms with E-state index in [2.05, 4.69) is 9.71 Å². The van der Waals surface area contributed by atoms with Crippen molar-refractivity contribution in [2.24, 2.45) is 0 Å². The Bertz CT molecular complexity index is 827. The molecule has 1 atom stereocenters. The Morgan fingerprint density at radius 2 is 1.76 bits per heavy atom. The second-order valence-electron chi connectivity index (χ2n) is 4.36. The predicted molar refractivity (Wildman–Crippen MR) is 81.4 cm³/mol. The summed E-state index contributed by atoms with van der Waals surface area (Å²) in [5.74, 6) is -0.247. The van der Waals surface area contributed by atoms with E-state index in [1.807, 2.05) is 18.2 Å². The van der Waals surface area contributed by atoms with Crippen LogP contribution in [0.4, 0.5) is 0 Å². The third-order valence-corrected chi connectivity index (χ3v) is 4.08. The van der Waals surface area contributed by atoms with Crippen LogP contribution in [0.5, 0.6) is 0 Å². The Labute approximate surface area is 124 Å². The van der Waals surface area contributed by atoms with Crippen molar-refractivity contribution in [1.82, 2.24) is 14.3 Å². The van der Waals surface area contributed by atoms with E-state index in [1.54, 1.807) is 43.4 Å². The number of hydrogen-bond donors (Lipinski definition) is 1. The van der Waals surface area contributed by atoms with Gasteiger partial charge in [0.1, 0.15) is 0 Å². The number of aromatic nitrogens is 2. The van der Waals surface area contributed by atoms with Crippen LogP contribution in [0.25, 0.3) is 11.0 Å². The van der Waals surface area contributed by atoms with Crippen molar-refractivity contribution < 1.29 is 9.00 Å². The average Bonchev–Trinajstić information content (AvgIpc) is 2.93. The lowest BCUT2D eigenvalue weighted by molar-refractivity contribution is 0.0954. The molecule has 0 amide bonds. The minimum Gasteiger partial charge on any atom is -0.268 e. The van der Waals surface area contributed by atoms with Crippen molar-refractivity contribution in [2.45, 2.75) is 5.16 Å². The molecule has 2 aromatic carbocycles. The summed E-state index contributed by atoms with van der Waals surface area (Å²) in [6, 6.07) is 16.1. The van der Waals surface area contributed by atoms with Gasteiger partial charge in [-0.25, -0.2) is 18.5 Å². The summed E-state index contributed by atoms with van der Waals surface area (Å²) in [6.07, 6.45) is 0. The third kappa shape index (κ3) is 2.39. The maximum absolute atomic E-state index is 12.7. The quantitative estimate of drug-likeness (QED) is 0.804. The van der Waals surface area contributed by atoms with Gasteiger partial charge in [-0.05, 0) is 31.3 Å². The molecule has 3 aromatic rings. The van der Waals surface area contributed by atoms with Crippen molar-refractivity contribution >= 4 is 27.9 Å². The lowest BCUT2D eigenvalue weighted by atomic mass is 10.2. The molecule has 0 fully saturated rings. The van der Waals surface area contributed by atoms with Gasteiger partial charge in [-0.1, -0.05) is 30.3 Å². The minimum absolute atomic E-state index is 0.201. The first-order valence-corrected chi connectivity index (χ1v) is 7.53. The van der Waals surface area contributed by atoms with E-state index in [-0.39, 0.29) is 11.1 Å². The van der Waals surface area contributed by atoms with Gasteiger partial charge in [0.2, 0.25) is 5.16 Å². The van der Waals surface area contributed by atoms with Crippen LogP contribution in [0.1, 0.15) is 10.4 Å². The van der Waals surface area contributed by atoms with Gasteiger partial charge in [-0.2, -0.15) is 0 Å². The van der Waals surface area contributed by atoms with E-state index in [4.69, 9.17) is 0 Å². The Balaban J connectivity index is 2.25. The van der Waals surface area contributed by atoms with Crippen LogP contribution in [0.2, 0.25) is 0 Å². The van der Waals surface area contributed by atoms with Gasteiger partial charge in [0, 0.05) is 5.56 Å². The second kappa shape index (κ2) is 5.59. The molecule has 0 radical (unpaired) electrons. The first-order chi connectivity index (χ1) is 10.2. The van der Waals surface area contributed by atoms with Crippen molar-refractivity contribution in [3.63, 3.8) is 0 Å². The van der Waals surface area contributed by atoms with E-state index in [1.165, 1.54) is 4.57 Å². The summed E-state index contributed by atoms with van der Waals surface area (Å²) in [6.45, 7) is 0. The number of para-hydroxylation sites is 2. The molecule has 0 aliphatic rings. The van der Waals surface area contributed by atoms with Gasteiger partial charge in [-0.3, -0.25) is 4.79 Å². The fourth-order valence-electron chi connectivity index (χ4n) is 2.13. The van der Waals surface area contributed by atoms with E-state index >= 15 is 0 Å². The lowest BCUT2D eigenvalue weighted by Gasteiger charge is -2.07. The molecule has 21 heavy (non-hydrogen) atoms. The molecule has 0 saturated heterocycles. The van der Waals surface area contributed by atoms with Gasteiger partial charge >= 0.3 is 0 Å². The summed E-state index contributed by atoms with van der Waals surface area (Å²) in [7, 11) is 0.0144. The van der Waals surface area contributed by atoms with Crippen LogP contribution >= 0.6 is 0 Å². The summed E-state index contributed by atoms with van der Waals surface area (Å²) < 4.78 is 16.1. The summed E-state index contributed by atoms with van der Waals surface area (Å²) in [5.41, 5.74) is 1.81. The summed E-state index contributed by atoms with van der Waals surface area (Å²) in [4.78, 5) is 17.0. The fraction of sp³-hybridized carbons (Fsp3) is 0.0667. The van der Waals surface area contributed by atoms with Crippen molar-refractivity contribution in [3.05, 3.63) is 60.2 Å².